The first kappa shape index (κ1) is 17.9. The molecule has 0 saturated heterocycles. The molecule has 0 bridgehead atoms. The molecule has 0 aliphatic heterocycles. The van der Waals surface area contributed by atoms with Gasteiger partial charge in [0.25, 0.3) is 0 Å². The third kappa shape index (κ3) is 3.49. The summed E-state index contributed by atoms with van der Waals surface area (Å²) >= 11 is 5.31. The van der Waals surface area contributed by atoms with Crippen molar-refractivity contribution in [3.05, 3.63) is 65.6 Å². The predicted molar refractivity (Wildman–Crippen MR) is 110 cm³/mol. The molecule has 4 aromatic rings. The predicted octanol–water partition coefficient (Wildman–Crippen LogP) is 3.80. The van der Waals surface area contributed by atoms with E-state index in [-0.39, 0.29) is 12.5 Å². The largest absolute Gasteiger partial charge is 0.497 e. The van der Waals surface area contributed by atoms with Crippen molar-refractivity contribution in [1.82, 2.24) is 19.7 Å². The molecule has 1 amide bonds. The van der Waals surface area contributed by atoms with Gasteiger partial charge in [-0.1, -0.05) is 18.2 Å². The van der Waals surface area contributed by atoms with E-state index in [1.54, 1.807) is 17.9 Å². The van der Waals surface area contributed by atoms with Crippen LogP contribution in [-0.4, -0.2) is 32.8 Å². The van der Waals surface area contributed by atoms with Crippen molar-refractivity contribution in [1.29, 1.82) is 0 Å². The number of nitrogens with zero attached hydrogens (tertiary/aromatic N) is 3. The number of aromatic amines is 1. The molecule has 2 N–H and O–H groups in total. The summed E-state index contributed by atoms with van der Waals surface area (Å²) in [5.74, 6) is 1.11. The Balaban J connectivity index is 1.59. The van der Waals surface area contributed by atoms with Crippen LogP contribution in [-0.2, 0) is 11.3 Å². The Hall–Kier alpha value is -3.52. The van der Waals surface area contributed by atoms with Crippen molar-refractivity contribution >= 4 is 34.7 Å². The number of H-pyrrole nitrogens is 1. The van der Waals surface area contributed by atoms with E-state index < -0.39 is 0 Å². The topological polar surface area (TPSA) is 84.8 Å². The highest BCUT2D eigenvalue weighted by molar-refractivity contribution is 7.71. The van der Waals surface area contributed by atoms with Crippen LogP contribution in [0, 0.1) is 4.77 Å². The average Bonchev–Trinajstić information content (AvgIpc) is 3.08. The minimum atomic E-state index is -0.217. The number of hydrogen-bond acceptors (Lipinski definition) is 5. The lowest BCUT2D eigenvalue weighted by Crippen LogP contribution is -2.19. The first-order valence-electron chi connectivity index (χ1n) is 8.59. The molecule has 140 valence electrons. The zero-order valence-electron chi connectivity index (χ0n) is 15.0. The van der Waals surface area contributed by atoms with Crippen LogP contribution in [0.1, 0.15) is 0 Å². The summed E-state index contributed by atoms with van der Waals surface area (Å²) in [4.78, 5) is 17.0. The van der Waals surface area contributed by atoms with E-state index in [1.165, 1.54) is 0 Å². The van der Waals surface area contributed by atoms with Crippen LogP contribution in [0.5, 0.6) is 5.75 Å². The number of amides is 1. The zero-order valence-corrected chi connectivity index (χ0v) is 15.9. The van der Waals surface area contributed by atoms with Gasteiger partial charge in [0.05, 0.1) is 18.3 Å². The maximum Gasteiger partial charge on any atom is 0.244 e. The highest BCUT2D eigenvalue weighted by atomic mass is 32.1. The fourth-order valence-electron chi connectivity index (χ4n) is 2.96. The van der Waals surface area contributed by atoms with Crippen molar-refractivity contribution in [2.45, 2.75) is 6.54 Å². The van der Waals surface area contributed by atoms with Gasteiger partial charge >= 0.3 is 0 Å². The highest BCUT2D eigenvalue weighted by Crippen LogP contribution is 2.22. The molecule has 0 fully saturated rings. The molecule has 28 heavy (non-hydrogen) atoms. The third-order valence-electron chi connectivity index (χ3n) is 4.32. The number of nitrogens with one attached hydrogen (secondary N) is 2. The molecule has 2 aromatic heterocycles. The second kappa shape index (κ2) is 7.61. The number of fused-ring (bicyclic) bond motifs is 1. The standard InChI is InChI=1S/C20H17N5O2S/c1-27-15-9-7-14(8-10-15)19-23-24-20(28)25(19)12-17(26)22-16-6-2-4-13-5-3-11-21-18(13)16/h2-11H,12H2,1H3,(H,22,26)(H,24,28). The summed E-state index contributed by atoms with van der Waals surface area (Å²) < 4.78 is 7.21. The lowest BCUT2D eigenvalue weighted by Gasteiger charge is -2.10. The molecule has 4 rings (SSSR count). The van der Waals surface area contributed by atoms with E-state index in [0.29, 0.717) is 16.3 Å². The summed E-state index contributed by atoms with van der Waals surface area (Å²) in [6.45, 7) is 0.0277. The van der Waals surface area contributed by atoms with Crippen LogP contribution >= 0.6 is 12.2 Å². The van der Waals surface area contributed by atoms with Gasteiger partial charge in [-0.15, -0.1) is 0 Å². The monoisotopic (exact) mass is 391 g/mol. The summed E-state index contributed by atoms with van der Waals surface area (Å²) in [5, 5.41) is 10.9. The van der Waals surface area contributed by atoms with Crippen molar-refractivity contribution in [3.8, 4) is 17.1 Å². The maximum atomic E-state index is 12.7. The van der Waals surface area contributed by atoms with Crippen LogP contribution in [0.3, 0.4) is 0 Å². The van der Waals surface area contributed by atoms with Crippen molar-refractivity contribution in [2.75, 3.05) is 12.4 Å². The van der Waals surface area contributed by atoms with Gasteiger partial charge in [0.2, 0.25) is 5.91 Å². The molecule has 0 spiro atoms. The van der Waals surface area contributed by atoms with Crippen LogP contribution in [0.4, 0.5) is 5.69 Å². The first-order valence-corrected chi connectivity index (χ1v) is 9.00. The Morgan fingerprint density at radius 3 is 2.75 bits per heavy atom. The number of anilines is 1. The number of carbonyl (C=O) groups is 1. The number of rotatable bonds is 5. The lowest BCUT2D eigenvalue weighted by atomic mass is 10.2. The Bertz CT molecular complexity index is 1190. The minimum Gasteiger partial charge on any atom is -0.497 e. The molecular weight excluding hydrogens is 374 g/mol. The summed E-state index contributed by atoms with van der Waals surface area (Å²) in [7, 11) is 1.61. The summed E-state index contributed by atoms with van der Waals surface area (Å²) in [5.41, 5.74) is 2.22. The lowest BCUT2D eigenvalue weighted by molar-refractivity contribution is -0.116. The van der Waals surface area contributed by atoms with Gasteiger partial charge < -0.3 is 10.1 Å². The summed E-state index contributed by atoms with van der Waals surface area (Å²) in [6, 6.07) is 16.9. The van der Waals surface area contributed by atoms with Crippen molar-refractivity contribution in [2.24, 2.45) is 0 Å². The fraction of sp³-hybridized carbons (Fsp3) is 0.100. The average molecular weight is 391 g/mol. The molecule has 0 radical (unpaired) electrons. The smallest absolute Gasteiger partial charge is 0.244 e. The van der Waals surface area contributed by atoms with Crippen molar-refractivity contribution < 1.29 is 9.53 Å². The van der Waals surface area contributed by atoms with Crippen LogP contribution < -0.4 is 10.1 Å². The number of hydrogen-bond donors (Lipinski definition) is 2. The molecule has 7 nitrogen and oxygen atoms in total. The maximum absolute atomic E-state index is 12.7. The Kier molecular flexibility index (Phi) is 4.86. The van der Waals surface area contributed by atoms with Gasteiger partial charge in [-0.2, -0.15) is 5.10 Å². The molecule has 0 saturated carbocycles. The van der Waals surface area contributed by atoms with E-state index in [2.05, 4.69) is 20.5 Å². The van der Waals surface area contributed by atoms with Crippen LogP contribution in [0.25, 0.3) is 22.3 Å². The number of ether oxygens (including phenoxy) is 1. The van der Waals surface area contributed by atoms with Crippen molar-refractivity contribution in [3.63, 3.8) is 0 Å². The Morgan fingerprint density at radius 1 is 1.18 bits per heavy atom. The zero-order chi connectivity index (χ0) is 19.5. The number of pyridine rings is 1. The fourth-order valence-corrected chi connectivity index (χ4v) is 3.16. The van der Waals surface area contributed by atoms with Gasteiger partial charge in [-0.25, -0.2) is 0 Å². The van der Waals surface area contributed by atoms with Crippen LogP contribution in [0.15, 0.2) is 60.8 Å². The van der Waals surface area contributed by atoms with Crippen LogP contribution in [0.2, 0.25) is 0 Å². The van der Waals surface area contributed by atoms with E-state index in [0.717, 1.165) is 22.2 Å². The van der Waals surface area contributed by atoms with E-state index in [4.69, 9.17) is 17.0 Å². The number of benzene rings is 2. The third-order valence-corrected chi connectivity index (χ3v) is 4.63. The molecule has 2 heterocycles. The first-order chi connectivity index (χ1) is 13.7. The number of aromatic nitrogens is 4. The number of para-hydroxylation sites is 1. The second-order valence-electron chi connectivity index (χ2n) is 6.10. The van der Waals surface area contributed by atoms with Gasteiger partial charge in [-0.3, -0.25) is 19.4 Å². The van der Waals surface area contributed by atoms with E-state index >= 15 is 0 Å². The quantitative estimate of drug-likeness (QED) is 0.506. The number of methoxy groups -OCH3 is 1. The molecule has 8 heteroatoms. The summed E-state index contributed by atoms with van der Waals surface area (Å²) in [6.07, 6.45) is 1.70. The van der Waals surface area contributed by atoms with Gasteiger partial charge in [0.1, 0.15) is 12.3 Å². The van der Waals surface area contributed by atoms with E-state index in [1.807, 2.05) is 54.6 Å². The molecule has 0 unspecified atom stereocenters. The SMILES string of the molecule is COc1ccc(-c2n[nH]c(=S)n2CC(=O)Nc2cccc3cccnc23)cc1. The normalized spacial score (nSPS) is 10.8. The molecule has 0 atom stereocenters. The van der Waals surface area contributed by atoms with Gasteiger partial charge in [-0.05, 0) is 48.6 Å². The Labute approximate surface area is 166 Å². The minimum absolute atomic E-state index is 0.0277. The highest BCUT2D eigenvalue weighted by Gasteiger charge is 2.14. The molecular formula is C20H17N5O2S. The second-order valence-corrected chi connectivity index (χ2v) is 6.48. The van der Waals surface area contributed by atoms with E-state index in [9.17, 15) is 4.79 Å². The number of carbonyl (C=O) groups excluding carboxylic acids is 1. The van der Waals surface area contributed by atoms with Gasteiger partial charge in [0, 0.05) is 17.1 Å². The molecule has 0 aliphatic rings. The Morgan fingerprint density at radius 2 is 1.96 bits per heavy atom. The molecule has 0 aliphatic carbocycles. The van der Waals surface area contributed by atoms with Gasteiger partial charge in [0.15, 0.2) is 10.6 Å². The molecule has 2 aromatic carbocycles.